The fourth-order valence-electron chi connectivity index (χ4n) is 2.61. The predicted molar refractivity (Wildman–Crippen MR) is 91.9 cm³/mol. The van der Waals surface area contributed by atoms with E-state index in [4.69, 9.17) is 9.72 Å². The van der Waals surface area contributed by atoms with Crippen molar-refractivity contribution in [3.8, 4) is 11.3 Å². The molecule has 1 amide bonds. The summed E-state index contributed by atoms with van der Waals surface area (Å²) in [6.07, 6.45) is 2.04. The Morgan fingerprint density at radius 2 is 1.96 bits per heavy atom. The van der Waals surface area contributed by atoms with Crippen molar-refractivity contribution in [2.24, 2.45) is 5.92 Å². The van der Waals surface area contributed by atoms with E-state index >= 15 is 0 Å². The van der Waals surface area contributed by atoms with Crippen LogP contribution in [0.25, 0.3) is 11.3 Å². The molecule has 2 aromatic rings. The zero-order valence-corrected chi connectivity index (χ0v) is 13.6. The van der Waals surface area contributed by atoms with Crippen LogP contribution in [0.2, 0.25) is 0 Å². The molecule has 1 saturated heterocycles. The molecule has 6 heteroatoms. The molecular formula is C17H19N3O2S. The van der Waals surface area contributed by atoms with Gasteiger partial charge in [0.25, 0.3) is 0 Å². The van der Waals surface area contributed by atoms with E-state index in [0.717, 1.165) is 61.2 Å². The van der Waals surface area contributed by atoms with Gasteiger partial charge in [-0.05, 0) is 25.0 Å². The Morgan fingerprint density at radius 3 is 2.65 bits per heavy atom. The number of amides is 1. The van der Waals surface area contributed by atoms with Gasteiger partial charge in [-0.2, -0.15) is 0 Å². The molecule has 0 bridgehead atoms. The fraction of sp³-hybridized carbons (Fsp3) is 0.412. The third-order valence-corrected chi connectivity index (χ3v) is 5.07. The SMILES string of the molecule is O=C(Nc1ccc(-c2csc(N3CCOCC3)n2)cc1)C1CC1. The van der Waals surface area contributed by atoms with Gasteiger partial charge in [0.1, 0.15) is 0 Å². The second-order valence-electron chi connectivity index (χ2n) is 5.96. The number of morpholine rings is 1. The van der Waals surface area contributed by atoms with E-state index in [2.05, 4.69) is 15.6 Å². The van der Waals surface area contributed by atoms with Crippen LogP contribution in [0.3, 0.4) is 0 Å². The Labute approximate surface area is 139 Å². The lowest BCUT2D eigenvalue weighted by Crippen LogP contribution is -2.36. The van der Waals surface area contributed by atoms with Gasteiger partial charge in [-0.3, -0.25) is 4.79 Å². The van der Waals surface area contributed by atoms with Crippen LogP contribution in [-0.4, -0.2) is 37.2 Å². The molecule has 1 aromatic heterocycles. The summed E-state index contributed by atoms with van der Waals surface area (Å²) in [5.41, 5.74) is 2.91. The number of thiazole rings is 1. The second kappa shape index (κ2) is 6.29. The van der Waals surface area contributed by atoms with Crippen molar-refractivity contribution >= 4 is 28.1 Å². The number of carbonyl (C=O) groups is 1. The smallest absolute Gasteiger partial charge is 0.227 e. The first-order valence-corrected chi connectivity index (χ1v) is 8.87. The quantitative estimate of drug-likeness (QED) is 0.937. The molecular weight excluding hydrogens is 310 g/mol. The van der Waals surface area contributed by atoms with Gasteiger partial charge in [-0.1, -0.05) is 12.1 Å². The number of hydrogen-bond acceptors (Lipinski definition) is 5. The first-order valence-electron chi connectivity index (χ1n) is 7.99. The monoisotopic (exact) mass is 329 g/mol. The van der Waals surface area contributed by atoms with Gasteiger partial charge in [0, 0.05) is 35.6 Å². The van der Waals surface area contributed by atoms with Gasteiger partial charge in [0.05, 0.1) is 18.9 Å². The summed E-state index contributed by atoms with van der Waals surface area (Å²) in [7, 11) is 0. The van der Waals surface area contributed by atoms with Crippen molar-refractivity contribution in [3.05, 3.63) is 29.6 Å². The molecule has 0 radical (unpaired) electrons. The second-order valence-corrected chi connectivity index (χ2v) is 6.79. The van der Waals surface area contributed by atoms with Crippen molar-refractivity contribution in [1.29, 1.82) is 0 Å². The van der Waals surface area contributed by atoms with Gasteiger partial charge in [-0.15, -0.1) is 11.3 Å². The highest BCUT2D eigenvalue weighted by Crippen LogP contribution is 2.31. The molecule has 1 N–H and O–H groups in total. The molecule has 2 aliphatic rings. The molecule has 1 aromatic carbocycles. The summed E-state index contributed by atoms with van der Waals surface area (Å²) in [6.45, 7) is 3.34. The molecule has 1 aliphatic heterocycles. The molecule has 5 nitrogen and oxygen atoms in total. The standard InChI is InChI=1S/C17H19N3O2S/c21-16(13-1-2-13)18-14-5-3-12(4-6-14)15-11-23-17(19-15)20-7-9-22-10-8-20/h3-6,11,13H,1-2,7-10H2,(H,18,21). The first kappa shape index (κ1) is 14.7. The molecule has 0 unspecified atom stereocenters. The zero-order valence-electron chi connectivity index (χ0n) is 12.8. The summed E-state index contributed by atoms with van der Waals surface area (Å²) in [4.78, 5) is 18.8. The van der Waals surface area contributed by atoms with Crippen molar-refractivity contribution in [1.82, 2.24) is 4.98 Å². The summed E-state index contributed by atoms with van der Waals surface area (Å²) >= 11 is 1.67. The number of rotatable bonds is 4. The topological polar surface area (TPSA) is 54.5 Å². The third-order valence-electron chi connectivity index (χ3n) is 4.17. The van der Waals surface area contributed by atoms with Crippen molar-refractivity contribution < 1.29 is 9.53 Å². The fourth-order valence-corrected chi connectivity index (χ4v) is 3.50. The molecule has 2 heterocycles. The minimum Gasteiger partial charge on any atom is -0.378 e. The summed E-state index contributed by atoms with van der Waals surface area (Å²) in [5.74, 6) is 0.366. The van der Waals surface area contributed by atoms with E-state index in [0.29, 0.717) is 0 Å². The van der Waals surface area contributed by atoms with Gasteiger partial charge >= 0.3 is 0 Å². The van der Waals surface area contributed by atoms with Gasteiger partial charge < -0.3 is 15.0 Å². The highest BCUT2D eigenvalue weighted by Gasteiger charge is 2.29. The number of anilines is 2. The number of nitrogens with one attached hydrogen (secondary N) is 1. The highest BCUT2D eigenvalue weighted by atomic mass is 32.1. The number of aromatic nitrogens is 1. The number of hydrogen-bond donors (Lipinski definition) is 1. The molecule has 23 heavy (non-hydrogen) atoms. The molecule has 0 spiro atoms. The van der Waals surface area contributed by atoms with Crippen molar-refractivity contribution in [2.45, 2.75) is 12.8 Å². The van der Waals surface area contributed by atoms with E-state index in [9.17, 15) is 4.79 Å². The molecule has 1 saturated carbocycles. The molecule has 4 rings (SSSR count). The van der Waals surface area contributed by atoms with E-state index < -0.39 is 0 Å². The largest absolute Gasteiger partial charge is 0.378 e. The molecule has 120 valence electrons. The molecule has 1 aliphatic carbocycles. The maximum Gasteiger partial charge on any atom is 0.227 e. The van der Waals surface area contributed by atoms with E-state index in [1.807, 2.05) is 24.3 Å². The minimum atomic E-state index is 0.140. The Bertz CT molecular complexity index is 688. The summed E-state index contributed by atoms with van der Waals surface area (Å²) in [5, 5.41) is 6.10. The van der Waals surface area contributed by atoms with Crippen LogP contribution in [0, 0.1) is 5.92 Å². The van der Waals surface area contributed by atoms with E-state index in [1.165, 1.54) is 0 Å². The normalized spacial score (nSPS) is 18.0. The average molecular weight is 329 g/mol. The lowest BCUT2D eigenvalue weighted by Gasteiger charge is -2.26. The van der Waals surface area contributed by atoms with Crippen LogP contribution in [0.1, 0.15) is 12.8 Å². The Balaban J connectivity index is 1.45. The number of nitrogens with zero attached hydrogens (tertiary/aromatic N) is 2. The predicted octanol–water partition coefficient (Wildman–Crippen LogP) is 3.00. The van der Waals surface area contributed by atoms with Crippen molar-refractivity contribution in [2.75, 3.05) is 36.5 Å². The molecule has 2 fully saturated rings. The molecule has 0 atom stereocenters. The first-order chi connectivity index (χ1) is 11.3. The van der Waals surface area contributed by atoms with Gasteiger partial charge in [0.2, 0.25) is 5.91 Å². The Morgan fingerprint density at radius 1 is 1.22 bits per heavy atom. The van der Waals surface area contributed by atoms with Crippen LogP contribution in [0.15, 0.2) is 29.6 Å². The zero-order chi connectivity index (χ0) is 15.6. The van der Waals surface area contributed by atoms with Crippen LogP contribution in [0.5, 0.6) is 0 Å². The third kappa shape index (κ3) is 3.38. The Hall–Kier alpha value is -1.92. The summed E-state index contributed by atoms with van der Waals surface area (Å²) in [6, 6.07) is 7.92. The maximum atomic E-state index is 11.8. The Kier molecular flexibility index (Phi) is 4.01. The van der Waals surface area contributed by atoms with Crippen molar-refractivity contribution in [3.63, 3.8) is 0 Å². The van der Waals surface area contributed by atoms with E-state index in [1.54, 1.807) is 11.3 Å². The average Bonchev–Trinajstić information content (AvgIpc) is 3.34. The maximum absolute atomic E-state index is 11.8. The van der Waals surface area contributed by atoms with E-state index in [-0.39, 0.29) is 11.8 Å². The number of benzene rings is 1. The van der Waals surface area contributed by atoms with Crippen LogP contribution < -0.4 is 10.2 Å². The summed E-state index contributed by atoms with van der Waals surface area (Å²) < 4.78 is 5.38. The number of carbonyl (C=O) groups excluding carboxylic acids is 1. The lowest BCUT2D eigenvalue weighted by molar-refractivity contribution is -0.117. The number of ether oxygens (including phenoxy) is 1. The minimum absolute atomic E-state index is 0.140. The van der Waals surface area contributed by atoms with Gasteiger partial charge in [-0.25, -0.2) is 4.98 Å². The van der Waals surface area contributed by atoms with Crippen LogP contribution in [0.4, 0.5) is 10.8 Å². The van der Waals surface area contributed by atoms with Crippen LogP contribution in [-0.2, 0) is 9.53 Å². The van der Waals surface area contributed by atoms with Gasteiger partial charge in [0.15, 0.2) is 5.13 Å². The van der Waals surface area contributed by atoms with Crippen LogP contribution >= 0.6 is 11.3 Å². The highest BCUT2D eigenvalue weighted by molar-refractivity contribution is 7.14. The lowest BCUT2D eigenvalue weighted by atomic mass is 10.1.